The molecule has 1 fully saturated rings. The summed E-state index contributed by atoms with van der Waals surface area (Å²) in [6, 6.07) is 8.60. The van der Waals surface area contributed by atoms with Crippen molar-refractivity contribution in [3.8, 4) is 0 Å². The van der Waals surface area contributed by atoms with Crippen LogP contribution in [-0.2, 0) is 40.1 Å². The van der Waals surface area contributed by atoms with E-state index in [0.29, 0.717) is 36.9 Å². The number of amides is 8. The van der Waals surface area contributed by atoms with Crippen LogP contribution in [0.1, 0.15) is 97.0 Å². The number of urea groups is 1. The fraction of sp³-hybridized carbons (Fsp3) is 0.523. The molecule has 4 rings (SSSR count). The van der Waals surface area contributed by atoms with Gasteiger partial charge in [-0.2, -0.15) is 0 Å². The van der Waals surface area contributed by atoms with Gasteiger partial charge in [0.25, 0.3) is 11.8 Å². The number of aromatic nitrogens is 1. The molecule has 8 amide bonds. The van der Waals surface area contributed by atoms with E-state index >= 15 is 0 Å². The fourth-order valence-corrected chi connectivity index (χ4v) is 7.49. The maximum atomic E-state index is 13.6. The monoisotopic (exact) mass is 844 g/mol. The zero-order valence-corrected chi connectivity index (χ0v) is 35.3. The number of anilines is 2. The second kappa shape index (κ2) is 24.2. The zero-order chi connectivity index (χ0) is 44.3. The first-order valence-electron chi connectivity index (χ1n) is 21.1. The Labute approximate surface area is 356 Å². The number of unbranched alkanes of at least 4 members (excludes halogenated alkanes) is 2. The zero-order valence-electron chi connectivity index (χ0n) is 35.3. The van der Waals surface area contributed by atoms with Gasteiger partial charge in [-0.1, -0.05) is 32.4 Å². The predicted octanol–water partition coefficient (Wildman–Crippen LogP) is 4.73. The van der Waals surface area contributed by atoms with Gasteiger partial charge in [0, 0.05) is 79.7 Å². The second-order valence-corrected chi connectivity index (χ2v) is 16.1. The van der Waals surface area contributed by atoms with Crippen LogP contribution in [0.2, 0.25) is 0 Å². The van der Waals surface area contributed by atoms with Crippen molar-refractivity contribution in [2.45, 2.75) is 110 Å². The van der Waals surface area contributed by atoms with E-state index in [2.05, 4.69) is 31.6 Å². The molecule has 2 aromatic rings. The topological polar surface area (TPSA) is 248 Å². The van der Waals surface area contributed by atoms with Crippen LogP contribution in [-0.4, -0.2) is 82.5 Å². The standard InChI is InChI=1S/C44H60N8O9/c1-28(2)40(51-37(54)9-5-4-6-25-52-38(55)18-19-39(52)56)36(53)26-33(8-7-22-47-43(45)59)42(58)49-34-16-10-30(11-17-34)27-61-44(60)48-29(3)31-12-14-32(15-13-31)41(57)50-35-20-23-46-24-21-35/h10-11,16-21,23-24,28-29,31-33,40H,4-9,12-15,22,25-27H2,1-3H3,(H,48,60)(H,49,58)(H,51,54)(H3,45,47,59)(H,46,50,57)/t29-,31?,32?,33-,40+/m1/s1. The lowest BCUT2D eigenvalue weighted by Crippen LogP contribution is -2.45. The molecule has 0 radical (unpaired) electrons. The van der Waals surface area contributed by atoms with E-state index in [1.54, 1.807) is 48.8 Å². The van der Waals surface area contributed by atoms with Gasteiger partial charge in [0.15, 0.2) is 5.78 Å². The number of nitrogens with one attached hydrogen (secondary N) is 5. The van der Waals surface area contributed by atoms with Crippen molar-refractivity contribution in [1.29, 1.82) is 0 Å². The number of nitrogens with zero attached hydrogens (tertiary/aromatic N) is 2. The number of nitrogens with two attached hydrogens (primary N) is 1. The smallest absolute Gasteiger partial charge is 0.407 e. The van der Waals surface area contributed by atoms with Crippen molar-refractivity contribution < 1.29 is 43.1 Å². The van der Waals surface area contributed by atoms with Crippen molar-refractivity contribution in [3.05, 3.63) is 66.5 Å². The number of ketones is 1. The molecular formula is C44H60N8O9. The van der Waals surface area contributed by atoms with E-state index in [9.17, 15) is 38.4 Å². The Morgan fingerprint density at radius 3 is 2.11 bits per heavy atom. The number of Topliss-reactive ketones (excluding diaryl/α,β-unsaturated/α-hetero) is 1. The Bertz CT molecular complexity index is 1850. The average molecular weight is 845 g/mol. The SMILES string of the molecule is CC(C)[C@H](NC(=O)CCCCCN1C(=O)C=CC1=O)C(=O)C[C@@H](CCCNC(N)=O)C(=O)Nc1ccc(COC(=O)N[C@H](C)C2CCC(C(=O)Nc3ccncc3)CC2)cc1. The number of pyridine rings is 1. The van der Waals surface area contributed by atoms with Crippen molar-refractivity contribution in [2.75, 3.05) is 23.7 Å². The molecule has 2 aliphatic rings. The molecule has 1 aliphatic heterocycles. The number of benzene rings is 1. The summed E-state index contributed by atoms with van der Waals surface area (Å²) in [6.45, 7) is 6.04. The van der Waals surface area contributed by atoms with Gasteiger partial charge >= 0.3 is 12.1 Å². The van der Waals surface area contributed by atoms with Crippen LogP contribution in [0.15, 0.2) is 60.9 Å². The largest absolute Gasteiger partial charge is 0.445 e. The van der Waals surface area contributed by atoms with Crippen molar-refractivity contribution in [3.63, 3.8) is 0 Å². The number of carbonyl (C=O) groups is 8. The Kier molecular flexibility index (Phi) is 18.9. The Balaban J connectivity index is 1.21. The van der Waals surface area contributed by atoms with Crippen LogP contribution < -0.4 is 32.3 Å². The lowest BCUT2D eigenvalue weighted by Gasteiger charge is -2.31. The van der Waals surface area contributed by atoms with Crippen molar-refractivity contribution >= 4 is 58.8 Å². The minimum absolute atomic E-state index is 0.000661. The number of hydrogen-bond donors (Lipinski definition) is 6. The van der Waals surface area contributed by atoms with Crippen LogP contribution in [0.4, 0.5) is 21.0 Å². The van der Waals surface area contributed by atoms with Gasteiger partial charge in [0.2, 0.25) is 17.7 Å². The van der Waals surface area contributed by atoms with Crippen molar-refractivity contribution in [1.82, 2.24) is 25.8 Å². The number of carbonyl (C=O) groups excluding carboxylic acids is 8. The summed E-state index contributed by atoms with van der Waals surface area (Å²) in [7, 11) is 0. The lowest BCUT2D eigenvalue weighted by molar-refractivity contribution is -0.137. The van der Waals surface area contributed by atoms with E-state index in [1.807, 2.05) is 20.8 Å². The quantitative estimate of drug-likeness (QED) is 0.0663. The highest BCUT2D eigenvalue weighted by Gasteiger charge is 2.31. The van der Waals surface area contributed by atoms with Gasteiger partial charge in [0.05, 0.1) is 6.04 Å². The van der Waals surface area contributed by atoms with Gasteiger partial charge in [-0.15, -0.1) is 0 Å². The van der Waals surface area contributed by atoms with Gasteiger partial charge in [-0.25, -0.2) is 9.59 Å². The number of ether oxygens (including phenoxy) is 1. The first kappa shape index (κ1) is 47.5. The molecule has 0 spiro atoms. The Morgan fingerprint density at radius 1 is 0.820 bits per heavy atom. The summed E-state index contributed by atoms with van der Waals surface area (Å²) in [6.07, 6.45) is 10.5. The first-order valence-corrected chi connectivity index (χ1v) is 21.1. The molecule has 1 saturated carbocycles. The third-order valence-electron chi connectivity index (χ3n) is 11.1. The highest BCUT2D eigenvalue weighted by molar-refractivity contribution is 6.12. The number of hydrogen-bond acceptors (Lipinski definition) is 10. The molecule has 2 heterocycles. The predicted molar refractivity (Wildman–Crippen MR) is 227 cm³/mol. The molecule has 7 N–H and O–H groups in total. The Morgan fingerprint density at radius 2 is 1.48 bits per heavy atom. The van der Waals surface area contributed by atoms with Crippen molar-refractivity contribution in [2.24, 2.45) is 29.4 Å². The maximum absolute atomic E-state index is 13.6. The molecule has 61 heavy (non-hydrogen) atoms. The number of alkyl carbamates (subject to hydrolysis) is 1. The highest BCUT2D eigenvalue weighted by Crippen LogP contribution is 2.32. The van der Waals surface area contributed by atoms with E-state index in [-0.39, 0.29) is 92.2 Å². The van der Waals surface area contributed by atoms with Crippen LogP contribution in [0.3, 0.4) is 0 Å². The molecule has 330 valence electrons. The van der Waals surface area contributed by atoms with E-state index < -0.39 is 30.0 Å². The lowest BCUT2D eigenvalue weighted by atomic mass is 9.78. The third-order valence-corrected chi connectivity index (χ3v) is 11.1. The van der Waals surface area contributed by atoms with Crippen LogP contribution in [0.25, 0.3) is 0 Å². The molecular weight excluding hydrogens is 785 g/mol. The summed E-state index contributed by atoms with van der Waals surface area (Å²) in [5.41, 5.74) is 7.07. The van der Waals surface area contributed by atoms with Crippen LogP contribution in [0, 0.1) is 23.7 Å². The third kappa shape index (κ3) is 16.1. The number of imide groups is 1. The second-order valence-electron chi connectivity index (χ2n) is 16.1. The summed E-state index contributed by atoms with van der Waals surface area (Å²) in [5, 5.41) is 14.0. The summed E-state index contributed by atoms with van der Waals surface area (Å²) in [4.78, 5) is 105. The number of rotatable bonds is 23. The first-order chi connectivity index (χ1) is 29.2. The number of primary amides is 1. The van der Waals surface area contributed by atoms with E-state index in [1.165, 1.54) is 12.2 Å². The van der Waals surface area contributed by atoms with Gasteiger partial charge < -0.3 is 37.1 Å². The minimum Gasteiger partial charge on any atom is -0.445 e. The van der Waals surface area contributed by atoms with E-state index in [4.69, 9.17) is 10.5 Å². The Hall–Kier alpha value is -6.13. The van der Waals surface area contributed by atoms with Crippen LogP contribution in [0.5, 0.6) is 0 Å². The molecule has 1 aromatic heterocycles. The molecule has 1 aromatic carbocycles. The summed E-state index contributed by atoms with van der Waals surface area (Å²) in [5.74, 6) is -2.64. The minimum atomic E-state index is -0.830. The molecule has 0 bridgehead atoms. The molecule has 0 saturated heterocycles. The highest BCUT2D eigenvalue weighted by atomic mass is 16.5. The van der Waals surface area contributed by atoms with E-state index in [0.717, 1.165) is 36.3 Å². The molecule has 17 nitrogen and oxygen atoms in total. The normalized spacial score (nSPS) is 17.5. The van der Waals surface area contributed by atoms with Crippen LogP contribution >= 0.6 is 0 Å². The fourth-order valence-electron chi connectivity index (χ4n) is 7.49. The summed E-state index contributed by atoms with van der Waals surface area (Å²) >= 11 is 0. The van der Waals surface area contributed by atoms with Gasteiger partial charge in [-0.05, 0) is 100.0 Å². The average Bonchev–Trinajstić information content (AvgIpc) is 3.56. The molecule has 17 heteroatoms. The molecule has 0 unspecified atom stereocenters. The van der Waals surface area contributed by atoms with Gasteiger partial charge in [0.1, 0.15) is 6.61 Å². The maximum Gasteiger partial charge on any atom is 0.407 e. The van der Waals surface area contributed by atoms with Gasteiger partial charge in [-0.3, -0.25) is 38.7 Å². The molecule has 3 atom stereocenters. The summed E-state index contributed by atoms with van der Waals surface area (Å²) < 4.78 is 5.48. The molecule has 1 aliphatic carbocycles.